The second-order valence-electron chi connectivity index (χ2n) is 4.98. The van der Waals surface area contributed by atoms with Crippen molar-refractivity contribution < 1.29 is 0 Å². The van der Waals surface area contributed by atoms with Crippen LogP contribution in [0.5, 0.6) is 0 Å². The van der Waals surface area contributed by atoms with E-state index in [1.165, 1.54) is 22.3 Å². The van der Waals surface area contributed by atoms with Crippen LogP contribution in [0.1, 0.15) is 28.2 Å². The van der Waals surface area contributed by atoms with E-state index in [4.69, 9.17) is 11.6 Å². The molecule has 2 aromatic rings. The molecule has 19 heavy (non-hydrogen) atoms. The van der Waals surface area contributed by atoms with E-state index in [2.05, 4.69) is 60.1 Å². The molecule has 0 radical (unpaired) electrons. The van der Waals surface area contributed by atoms with Gasteiger partial charge < -0.3 is 0 Å². The van der Waals surface area contributed by atoms with E-state index in [0.29, 0.717) is 5.92 Å². The van der Waals surface area contributed by atoms with Gasteiger partial charge in [-0.3, -0.25) is 0 Å². The van der Waals surface area contributed by atoms with Gasteiger partial charge in [-0.25, -0.2) is 0 Å². The zero-order valence-electron chi connectivity index (χ0n) is 11.3. The maximum atomic E-state index is 6.10. The Morgan fingerprint density at radius 2 is 1.68 bits per heavy atom. The molecule has 0 nitrogen and oxygen atoms in total. The van der Waals surface area contributed by atoms with Crippen LogP contribution in [-0.4, -0.2) is 5.33 Å². The van der Waals surface area contributed by atoms with Crippen molar-refractivity contribution in [2.45, 2.75) is 26.2 Å². The Morgan fingerprint density at radius 1 is 1.05 bits per heavy atom. The van der Waals surface area contributed by atoms with Gasteiger partial charge in [0, 0.05) is 10.4 Å². The zero-order chi connectivity index (χ0) is 13.8. The summed E-state index contributed by atoms with van der Waals surface area (Å²) in [6.07, 6.45) is 1.05. The fraction of sp³-hybridized carbons (Fsp3) is 0.294. The molecule has 2 heteroatoms. The summed E-state index contributed by atoms with van der Waals surface area (Å²) in [4.78, 5) is 0. The molecule has 0 saturated carbocycles. The lowest BCUT2D eigenvalue weighted by molar-refractivity contribution is 0.767. The quantitative estimate of drug-likeness (QED) is 0.630. The van der Waals surface area contributed by atoms with Crippen molar-refractivity contribution >= 4 is 27.5 Å². The van der Waals surface area contributed by atoms with Crippen molar-refractivity contribution in [1.82, 2.24) is 0 Å². The number of alkyl halides is 1. The number of hydrogen-bond acceptors (Lipinski definition) is 0. The van der Waals surface area contributed by atoms with Gasteiger partial charge in [0.05, 0.1) is 0 Å². The van der Waals surface area contributed by atoms with Gasteiger partial charge in [0.25, 0.3) is 0 Å². The summed E-state index contributed by atoms with van der Waals surface area (Å²) in [5.41, 5.74) is 5.49. The Labute approximate surface area is 128 Å². The van der Waals surface area contributed by atoms with Crippen molar-refractivity contribution in [2.24, 2.45) is 0 Å². The Bertz CT molecular complexity index is 543. The number of hydrogen-bond donors (Lipinski definition) is 0. The van der Waals surface area contributed by atoms with Gasteiger partial charge in [0.1, 0.15) is 0 Å². The largest absolute Gasteiger partial charge is 0.0921 e. The number of aryl methyl sites for hydroxylation is 2. The first kappa shape index (κ1) is 14.6. The summed E-state index contributed by atoms with van der Waals surface area (Å²) in [5, 5.41) is 1.76. The zero-order valence-corrected chi connectivity index (χ0v) is 13.6. The van der Waals surface area contributed by atoms with E-state index < -0.39 is 0 Å². The summed E-state index contributed by atoms with van der Waals surface area (Å²) in [6.45, 7) is 4.37. The fourth-order valence-electron chi connectivity index (χ4n) is 2.44. The van der Waals surface area contributed by atoms with Crippen LogP contribution in [0.15, 0.2) is 42.5 Å². The molecule has 0 aliphatic rings. The standard InChI is InChI=1S/C17H18BrCl/c1-12-5-3-6-13(2)17(12)10-15(11-18)14-7-4-8-16(19)9-14/h3-9,15H,10-11H2,1-2H3. The average molecular weight is 338 g/mol. The molecular formula is C17H18BrCl. The van der Waals surface area contributed by atoms with E-state index in [-0.39, 0.29) is 0 Å². The summed E-state index contributed by atoms with van der Waals surface area (Å²) < 4.78 is 0. The molecule has 0 fully saturated rings. The molecule has 1 atom stereocenters. The first-order valence-electron chi connectivity index (χ1n) is 6.48. The highest BCUT2D eigenvalue weighted by molar-refractivity contribution is 9.09. The molecule has 2 rings (SSSR count). The first-order valence-corrected chi connectivity index (χ1v) is 7.98. The highest BCUT2D eigenvalue weighted by atomic mass is 79.9. The van der Waals surface area contributed by atoms with E-state index >= 15 is 0 Å². The van der Waals surface area contributed by atoms with Crippen molar-refractivity contribution in [3.8, 4) is 0 Å². The fourth-order valence-corrected chi connectivity index (χ4v) is 3.24. The summed E-state index contributed by atoms with van der Waals surface area (Å²) >= 11 is 9.74. The molecule has 0 bridgehead atoms. The summed E-state index contributed by atoms with van der Waals surface area (Å²) in [7, 11) is 0. The number of rotatable bonds is 4. The minimum absolute atomic E-state index is 0.457. The molecular weight excluding hydrogens is 320 g/mol. The average Bonchev–Trinajstić information content (AvgIpc) is 2.38. The predicted molar refractivity (Wildman–Crippen MR) is 87.6 cm³/mol. The van der Waals surface area contributed by atoms with Crippen molar-refractivity contribution in [1.29, 1.82) is 0 Å². The molecule has 0 amide bonds. The molecule has 0 N–H and O–H groups in total. The van der Waals surface area contributed by atoms with E-state index in [9.17, 15) is 0 Å². The lowest BCUT2D eigenvalue weighted by atomic mass is 9.89. The molecule has 1 unspecified atom stereocenters. The lowest BCUT2D eigenvalue weighted by Crippen LogP contribution is -2.07. The van der Waals surface area contributed by atoms with Crippen LogP contribution in [0.3, 0.4) is 0 Å². The smallest absolute Gasteiger partial charge is 0.0408 e. The van der Waals surface area contributed by atoms with Crippen LogP contribution in [-0.2, 0) is 6.42 Å². The van der Waals surface area contributed by atoms with Gasteiger partial charge in [-0.2, -0.15) is 0 Å². The molecule has 0 aliphatic carbocycles. The lowest BCUT2D eigenvalue weighted by Gasteiger charge is -2.18. The van der Waals surface area contributed by atoms with Crippen molar-refractivity contribution in [3.63, 3.8) is 0 Å². The van der Waals surface area contributed by atoms with Crippen LogP contribution in [0.25, 0.3) is 0 Å². The Balaban J connectivity index is 2.29. The Morgan fingerprint density at radius 3 is 2.26 bits per heavy atom. The summed E-state index contributed by atoms with van der Waals surface area (Å²) in [6, 6.07) is 14.7. The number of benzene rings is 2. The van der Waals surface area contributed by atoms with Gasteiger partial charge in [0.15, 0.2) is 0 Å². The highest BCUT2D eigenvalue weighted by Gasteiger charge is 2.14. The molecule has 0 aliphatic heterocycles. The van der Waals surface area contributed by atoms with Crippen LogP contribution < -0.4 is 0 Å². The first-order chi connectivity index (χ1) is 9.11. The topological polar surface area (TPSA) is 0 Å². The predicted octanol–water partition coefficient (Wildman–Crippen LogP) is 5.68. The molecule has 0 aromatic heterocycles. The van der Waals surface area contributed by atoms with Crippen LogP contribution in [0.2, 0.25) is 5.02 Å². The third kappa shape index (κ3) is 3.61. The highest BCUT2D eigenvalue weighted by Crippen LogP contribution is 2.27. The van der Waals surface area contributed by atoms with Crippen molar-refractivity contribution in [3.05, 3.63) is 69.7 Å². The van der Waals surface area contributed by atoms with E-state index in [1.54, 1.807) is 0 Å². The van der Waals surface area contributed by atoms with Crippen LogP contribution >= 0.6 is 27.5 Å². The second-order valence-corrected chi connectivity index (χ2v) is 6.06. The third-order valence-electron chi connectivity index (χ3n) is 3.60. The molecule has 0 spiro atoms. The normalized spacial score (nSPS) is 12.4. The Hall–Kier alpha value is -0.790. The molecule has 0 saturated heterocycles. The Kier molecular flexibility index (Phi) is 5.06. The molecule has 0 heterocycles. The third-order valence-corrected chi connectivity index (χ3v) is 4.62. The monoisotopic (exact) mass is 336 g/mol. The number of halogens is 2. The van der Waals surface area contributed by atoms with Crippen molar-refractivity contribution in [2.75, 3.05) is 5.33 Å². The minimum atomic E-state index is 0.457. The maximum Gasteiger partial charge on any atom is 0.0408 e. The van der Waals surface area contributed by atoms with Gasteiger partial charge in [-0.05, 0) is 60.6 Å². The summed E-state index contributed by atoms with van der Waals surface area (Å²) in [5.74, 6) is 0.457. The SMILES string of the molecule is Cc1cccc(C)c1CC(CBr)c1cccc(Cl)c1. The molecule has 2 aromatic carbocycles. The second kappa shape index (κ2) is 6.58. The van der Waals surface area contributed by atoms with Gasteiger partial charge in [0.2, 0.25) is 0 Å². The van der Waals surface area contributed by atoms with E-state index in [0.717, 1.165) is 16.8 Å². The van der Waals surface area contributed by atoms with Gasteiger partial charge in [-0.1, -0.05) is 57.9 Å². The van der Waals surface area contributed by atoms with Gasteiger partial charge >= 0.3 is 0 Å². The molecule has 100 valence electrons. The maximum absolute atomic E-state index is 6.10. The van der Waals surface area contributed by atoms with Crippen LogP contribution in [0.4, 0.5) is 0 Å². The van der Waals surface area contributed by atoms with E-state index in [1.807, 2.05) is 12.1 Å². The van der Waals surface area contributed by atoms with Gasteiger partial charge in [-0.15, -0.1) is 0 Å². The minimum Gasteiger partial charge on any atom is -0.0921 e. The van der Waals surface area contributed by atoms with Crippen LogP contribution in [0, 0.1) is 13.8 Å².